The van der Waals surface area contributed by atoms with E-state index in [0.29, 0.717) is 0 Å². The average Bonchev–Trinajstić information content (AvgIpc) is 2.97. The highest BCUT2D eigenvalue weighted by Gasteiger charge is 2.18. The molecule has 0 radical (unpaired) electrons. The molecule has 2 N–H and O–H groups in total. The average molecular weight is 257 g/mol. The van der Waals surface area contributed by atoms with Crippen LogP contribution in [0.4, 0.5) is 0 Å². The number of para-hydroxylation sites is 1. The van der Waals surface area contributed by atoms with Crippen LogP contribution in [0.25, 0.3) is 0 Å². The van der Waals surface area contributed by atoms with Crippen molar-refractivity contribution in [2.45, 2.75) is 31.7 Å². The van der Waals surface area contributed by atoms with Crippen molar-refractivity contribution in [3.63, 3.8) is 0 Å². The fraction of sp³-hybridized carbons (Fsp3) is 0.375. The van der Waals surface area contributed by atoms with Crippen LogP contribution in [0, 0.1) is 0 Å². The van der Waals surface area contributed by atoms with E-state index in [0.717, 1.165) is 49.4 Å². The quantitative estimate of drug-likeness (QED) is 0.914. The van der Waals surface area contributed by atoms with Crippen LogP contribution in [0.2, 0.25) is 0 Å². The van der Waals surface area contributed by atoms with E-state index < -0.39 is 0 Å². The van der Waals surface area contributed by atoms with Gasteiger partial charge in [-0.05, 0) is 37.0 Å². The molecule has 3 rings (SSSR count). The van der Waals surface area contributed by atoms with Gasteiger partial charge in [-0.15, -0.1) is 0 Å². The van der Waals surface area contributed by atoms with Crippen LogP contribution in [0.15, 0.2) is 41.0 Å². The normalized spacial score (nSPS) is 15.6. The van der Waals surface area contributed by atoms with E-state index in [9.17, 15) is 0 Å². The molecule has 0 bridgehead atoms. The molecule has 1 aliphatic heterocycles. The third-order valence-corrected chi connectivity index (χ3v) is 3.65. The molecule has 0 saturated heterocycles. The lowest BCUT2D eigenvalue weighted by Crippen LogP contribution is -2.17. The third-order valence-electron chi connectivity index (χ3n) is 3.65. The van der Waals surface area contributed by atoms with Crippen molar-refractivity contribution in [2.75, 3.05) is 6.61 Å². The van der Waals surface area contributed by atoms with Gasteiger partial charge >= 0.3 is 0 Å². The minimum Gasteiger partial charge on any atom is -0.493 e. The van der Waals surface area contributed by atoms with Crippen LogP contribution in [0.3, 0.4) is 0 Å². The first-order chi connectivity index (χ1) is 9.34. The van der Waals surface area contributed by atoms with Gasteiger partial charge in [0.05, 0.1) is 12.9 Å². The molecule has 3 heteroatoms. The number of hydrogen-bond donors (Lipinski definition) is 1. The summed E-state index contributed by atoms with van der Waals surface area (Å²) in [4.78, 5) is 0. The van der Waals surface area contributed by atoms with E-state index in [4.69, 9.17) is 14.9 Å². The van der Waals surface area contributed by atoms with Gasteiger partial charge in [0.2, 0.25) is 0 Å². The molecular weight excluding hydrogens is 238 g/mol. The number of ether oxygens (including phenoxy) is 1. The van der Waals surface area contributed by atoms with E-state index in [1.54, 1.807) is 6.26 Å². The Bertz CT molecular complexity index is 534. The molecule has 0 saturated carbocycles. The Balaban J connectivity index is 1.74. The summed E-state index contributed by atoms with van der Waals surface area (Å²) >= 11 is 0. The summed E-state index contributed by atoms with van der Waals surface area (Å²) in [6.07, 6.45) is 5.62. The van der Waals surface area contributed by atoms with Gasteiger partial charge in [0.15, 0.2) is 0 Å². The molecule has 1 aliphatic rings. The molecule has 0 fully saturated rings. The Kier molecular flexibility index (Phi) is 3.56. The molecule has 0 amide bonds. The number of aryl methyl sites for hydroxylation is 2. The van der Waals surface area contributed by atoms with E-state index in [1.807, 2.05) is 12.1 Å². The SMILES string of the molecule is NC(CCc1ccco1)c1cccc2c1OCCC2. The first-order valence-electron chi connectivity index (χ1n) is 6.87. The Morgan fingerprint density at radius 3 is 3.00 bits per heavy atom. The summed E-state index contributed by atoms with van der Waals surface area (Å²) < 4.78 is 11.2. The first kappa shape index (κ1) is 12.3. The summed E-state index contributed by atoms with van der Waals surface area (Å²) in [6.45, 7) is 0.801. The van der Waals surface area contributed by atoms with Crippen LogP contribution in [-0.4, -0.2) is 6.61 Å². The monoisotopic (exact) mass is 257 g/mol. The molecule has 1 unspecified atom stereocenters. The molecule has 1 aromatic carbocycles. The van der Waals surface area contributed by atoms with E-state index >= 15 is 0 Å². The van der Waals surface area contributed by atoms with Crippen molar-refractivity contribution in [2.24, 2.45) is 5.73 Å². The molecule has 2 aromatic rings. The van der Waals surface area contributed by atoms with Crippen LogP contribution >= 0.6 is 0 Å². The summed E-state index contributed by atoms with van der Waals surface area (Å²) in [5.41, 5.74) is 8.73. The molecule has 100 valence electrons. The third kappa shape index (κ3) is 2.66. The van der Waals surface area contributed by atoms with Crippen molar-refractivity contribution >= 4 is 0 Å². The second-order valence-corrected chi connectivity index (χ2v) is 5.01. The van der Waals surface area contributed by atoms with Gasteiger partial charge < -0.3 is 14.9 Å². The Labute approximate surface area is 113 Å². The van der Waals surface area contributed by atoms with Gasteiger partial charge in [-0.25, -0.2) is 0 Å². The van der Waals surface area contributed by atoms with Crippen molar-refractivity contribution < 1.29 is 9.15 Å². The number of fused-ring (bicyclic) bond motifs is 1. The number of nitrogens with two attached hydrogens (primary N) is 1. The molecule has 0 spiro atoms. The molecule has 0 aliphatic carbocycles. The lowest BCUT2D eigenvalue weighted by atomic mass is 9.96. The second kappa shape index (κ2) is 5.49. The Morgan fingerprint density at radius 2 is 2.16 bits per heavy atom. The summed E-state index contributed by atoms with van der Waals surface area (Å²) in [5, 5.41) is 0. The van der Waals surface area contributed by atoms with Crippen LogP contribution in [0.5, 0.6) is 5.75 Å². The zero-order valence-corrected chi connectivity index (χ0v) is 11.0. The summed E-state index contributed by atoms with van der Waals surface area (Å²) in [5.74, 6) is 2.00. The predicted molar refractivity (Wildman–Crippen MR) is 74.2 cm³/mol. The zero-order valence-electron chi connectivity index (χ0n) is 11.0. The van der Waals surface area contributed by atoms with Gasteiger partial charge in [-0.3, -0.25) is 0 Å². The van der Waals surface area contributed by atoms with Crippen molar-refractivity contribution in [3.8, 4) is 5.75 Å². The summed E-state index contributed by atoms with van der Waals surface area (Å²) in [6, 6.07) is 10.2. The summed E-state index contributed by atoms with van der Waals surface area (Å²) in [7, 11) is 0. The highest BCUT2D eigenvalue weighted by molar-refractivity contribution is 5.44. The number of rotatable bonds is 4. The fourth-order valence-electron chi connectivity index (χ4n) is 2.61. The van der Waals surface area contributed by atoms with E-state index in [1.165, 1.54) is 5.56 Å². The minimum absolute atomic E-state index is 0.00171. The maximum atomic E-state index is 6.31. The zero-order chi connectivity index (χ0) is 13.1. The topological polar surface area (TPSA) is 48.4 Å². The highest BCUT2D eigenvalue weighted by Crippen LogP contribution is 2.33. The number of hydrogen-bond acceptors (Lipinski definition) is 3. The maximum absolute atomic E-state index is 6.31. The number of benzene rings is 1. The van der Waals surface area contributed by atoms with Crippen molar-refractivity contribution in [3.05, 3.63) is 53.5 Å². The van der Waals surface area contributed by atoms with Gasteiger partial charge in [0.25, 0.3) is 0 Å². The van der Waals surface area contributed by atoms with Crippen molar-refractivity contribution in [1.82, 2.24) is 0 Å². The van der Waals surface area contributed by atoms with E-state index in [2.05, 4.69) is 18.2 Å². The van der Waals surface area contributed by atoms with Crippen LogP contribution in [-0.2, 0) is 12.8 Å². The predicted octanol–water partition coefficient (Wildman–Crippen LogP) is 3.24. The van der Waals surface area contributed by atoms with Crippen LogP contribution in [0.1, 0.15) is 35.8 Å². The van der Waals surface area contributed by atoms with Crippen LogP contribution < -0.4 is 10.5 Å². The Hall–Kier alpha value is -1.74. The molecule has 1 aromatic heterocycles. The van der Waals surface area contributed by atoms with E-state index in [-0.39, 0.29) is 6.04 Å². The fourth-order valence-corrected chi connectivity index (χ4v) is 2.61. The molecular formula is C16H19NO2. The smallest absolute Gasteiger partial charge is 0.127 e. The largest absolute Gasteiger partial charge is 0.493 e. The minimum atomic E-state index is -0.00171. The lowest BCUT2D eigenvalue weighted by Gasteiger charge is -2.23. The van der Waals surface area contributed by atoms with Gasteiger partial charge in [-0.1, -0.05) is 18.2 Å². The molecule has 3 nitrogen and oxygen atoms in total. The standard InChI is InChI=1S/C16H19NO2/c17-15(9-8-13-6-3-10-18-13)14-7-1-4-12-5-2-11-19-16(12)14/h1,3-4,6-7,10,15H,2,5,8-9,11,17H2. The van der Waals surface area contributed by atoms with Gasteiger partial charge in [0.1, 0.15) is 11.5 Å². The number of furan rings is 1. The lowest BCUT2D eigenvalue weighted by molar-refractivity contribution is 0.283. The highest BCUT2D eigenvalue weighted by atomic mass is 16.5. The first-order valence-corrected chi connectivity index (χ1v) is 6.87. The molecule has 1 atom stereocenters. The maximum Gasteiger partial charge on any atom is 0.127 e. The molecule has 2 heterocycles. The van der Waals surface area contributed by atoms with Gasteiger partial charge in [0, 0.05) is 18.0 Å². The van der Waals surface area contributed by atoms with Gasteiger partial charge in [-0.2, -0.15) is 0 Å². The molecule has 19 heavy (non-hydrogen) atoms. The Morgan fingerprint density at radius 1 is 1.21 bits per heavy atom. The second-order valence-electron chi connectivity index (χ2n) is 5.01. The van der Waals surface area contributed by atoms with Crippen molar-refractivity contribution in [1.29, 1.82) is 0 Å².